The molecule has 13 heteroatoms. The average molecular weight is 448 g/mol. The molecule has 5 amide bonds. The van der Waals surface area contributed by atoms with Crippen LogP contribution < -0.4 is 16.0 Å². The molecule has 0 bridgehead atoms. The monoisotopic (exact) mass is 447 g/mol. The summed E-state index contributed by atoms with van der Waals surface area (Å²) in [4.78, 5) is 47.4. The van der Waals surface area contributed by atoms with Crippen LogP contribution >= 0.6 is 11.8 Å². The molecular weight excluding hydrogens is 424 g/mol. The van der Waals surface area contributed by atoms with Crippen LogP contribution in [0.3, 0.4) is 0 Å². The molecule has 3 aliphatic rings. The SMILES string of the molecule is O=C(CCCC[C@@H]1SC[C@@H]2NC(=O)N[C@@H]21)NC[CH]N1C(=O)CC(S(=O)(=O)O)C1=O. The molecule has 0 aromatic carbocycles. The highest BCUT2D eigenvalue weighted by Crippen LogP contribution is 2.33. The van der Waals surface area contributed by atoms with Crippen LogP contribution in [0.2, 0.25) is 0 Å². The van der Waals surface area contributed by atoms with E-state index in [4.69, 9.17) is 4.55 Å². The second kappa shape index (κ2) is 8.88. The zero-order chi connectivity index (χ0) is 21.2. The van der Waals surface area contributed by atoms with Gasteiger partial charge in [0.25, 0.3) is 16.0 Å². The third-order valence-corrected chi connectivity index (χ3v) is 7.75. The van der Waals surface area contributed by atoms with E-state index < -0.39 is 33.6 Å². The standard InChI is InChI=1S/C16H23N4O7S2/c21-12(4-2-1-3-10-14-9(8-28-10)18-16(24)19-14)17-5-6-20-13(22)7-11(15(20)23)29(25,26)27/h6,9-11,14H,1-5,7-8H2,(H,17,21)(H2,18,19,24)(H,25,26,27)/t9-,10-,11?,14-/m0/s1. The van der Waals surface area contributed by atoms with Gasteiger partial charge in [-0.1, -0.05) is 6.42 Å². The Morgan fingerprint density at radius 1 is 1.28 bits per heavy atom. The lowest BCUT2D eigenvalue weighted by Crippen LogP contribution is -2.37. The van der Waals surface area contributed by atoms with E-state index in [0.29, 0.717) is 16.6 Å². The van der Waals surface area contributed by atoms with Crippen molar-refractivity contribution in [1.29, 1.82) is 0 Å². The Labute approximate surface area is 172 Å². The Kier molecular flexibility index (Phi) is 6.69. The number of fused-ring (bicyclic) bond motifs is 1. The average Bonchev–Trinajstić information content (AvgIpc) is 3.26. The number of rotatable bonds is 9. The van der Waals surface area contributed by atoms with Gasteiger partial charge in [0, 0.05) is 24.0 Å². The molecule has 29 heavy (non-hydrogen) atoms. The largest absolute Gasteiger partial charge is 0.354 e. The summed E-state index contributed by atoms with van der Waals surface area (Å²) < 4.78 is 31.1. The predicted molar refractivity (Wildman–Crippen MR) is 103 cm³/mol. The second-order valence-electron chi connectivity index (χ2n) is 7.16. The van der Waals surface area contributed by atoms with E-state index in [2.05, 4.69) is 16.0 Å². The Morgan fingerprint density at radius 2 is 2.03 bits per heavy atom. The molecule has 3 aliphatic heterocycles. The number of hydrogen-bond donors (Lipinski definition) is 4. The lowest BCUT2D eigenvalue weighted by molar-refractivity contribution is -0.136. The molecule has 1 unspecified atom stereocenters. The molecule has 3 saturated heterocycles. The van der Waals surface area contributed by atoms with E-state index >= 15 is 0 Å². The van der Waals surface area contributed by atoms with E-state index in [9.17, 15) is 27.6 Å². The number of carbonyl (C=O) groups excluding carboxylic acids is 4. The minimum absolute atomic E-state index is 0.103. The number of nitrogens with one attached hydrogen (secondary N) is 3. The molecule has 0 saturated carbocycles. The van der Waals surface area contributed by atoms with Gasteiger partial charge in [-0.15, -0.1) is 0 Å². The molecule has 4 atom stereocenters. The summed E-state index contributed by atoms with van der Waals surface area (Å²) in [7, 11) is -4.64. The third-order valence-electron chi connectivity index (χ3n) is 5.15. The van der Waals surface area contributed by atoms with Gasteiger partial charge in [-0.3, -0.25) is 23.8 Å². The second-order valence-corrected chi connectivity index (χ2v) is 10.0. The molecule has 1 radical (unpaired) electrons. The van der Waals surface area contributed by atoms with Gasteiger partial charge in [0.2, 0.25) is 11.8 Å². The van der Waals surface area contributed by atoms with E-state index in [-0.39, 0.29) is 37.0 Å². The van der Waals surface area contributed by atoms with Crippen molar-refractivity contribution in [2.75, 3.05) is 12.3 Å². The van der Waals surface area contributed by atoms with Crippen LogP contribution in [-0.4, -0.2) is 76.5 Å². The summed E-state index contributed by atoms with van der Waals surface area (Å²) in [6.45, 7) is 1.01. The van der Waals surface area contributed by atoms with Gasteiger partial charge in [-0.25, -0.2) is 4.79 Å². The first kappa shape index (κ1) is 21.8. The molecule has 0 aromatic heterocycles. The number of likely N-dealkylation sites (tertiary alicyclic amines) is 1. The molecule has 0 aliphatic carbocycles. The molecule has 11 nitrogen and oxygen atoms in total. The van der Waals surface area contributed by atoms with Gasteiger partial charge in [-0.05, 0) is 12.8 Å². The summed E-state index contributed by atoms with van der Waals surface area (Å²) in [5.41, 5.74) is 0. The number of amides is 5. The number of unbranched alkanes of at least 4 members (excludes halogenated alkanes) is 1. The fourth-order valence-corrected chi connectivity index (χ4v) is 5.93. The molecule has 3 fully saturated rings. The van der Waals surface area contributed by atoms with Crippen LogP contribution in [0.5, 0.6) is 0 Å². The smallest absolute Gasteiger partial charge is 0.315 e. The van der Waals surface area contributed by atoms with Crippen molar-refractivity contribution in [2.24, 2.45) is 0 Å². The quantitative estimate of drug-likeness (QED) is 0.151. The highest BCUT2D eigenvalue weighted by molar-refractivity contribution is 8.00. The molecule has 3 heterocycles. The zero-order valence-electron chi connectivity index (χ0n) is 15.5. The van der Waals surface area contributed by atoms with Crippen molar-refractivity contribution < 1.29 is 32.1 Å². The number of hydrogen-bond acceptors (Lipinski definition) is 7. The summed E-state index contributed by atoms with van der Waals surface area (Å²) >= 11 is 1.81. The van der Waals surface area contributed by atoms with Crippen molar-refractivity contribution in [2.45, 2.75) is 54.7 Å². The van der Waals surface area contributed by atoms with E-state index in [0.717, 1.165) is 25.1 Å². The van der Waals surface area contributed by atoms with Gasteiger partial charge < -0.3 is 16.0 Å². The number of imide groups is 1. The van der Waals surface area contributed by atoms with E-state index in [1.54, 1.807) is 0 Å². The number of nitrogens with zero attached hydrogens (tertiary/aromatic N) is 1. The van der Waals surface area contributed by atoms with Gasteiger partial charge in [-0.2, -0.15) is 20.2 Å². The van der Waals surface area contributed by atoms with Crippen LogP contribution in [0.15, 0.2) is 0 Å². The van der Waals surface area contributed by atoms with Crippen molar-refractivity contribution in [1.82, 2.24) is 20.9 Å². The van der Waals surface area contributed by atoms with Crippen molar-refractivity contribution in [3.05, 3.63) is 6.54 Å². The van der Waals surface area contributed by atoms with Crippen molar-refractivity contribution in [3.63, 3.8) is 0 Å². The maximum Gasteiger partial charge on any atom is 0.315 e. The normalized spacial score (nSPS) is 29.0. The van der Waals surface area contributed by atoms with Crippen molar-refractivity contribution in [3.8, 4) is 0 Å². The maximum atomic E-state index is 11.9. The molecule has 4 N–H and O–H groups in total. The van der Waals surface area contributed by atoms with Gasteiger partial charge in [0.05, 0.1) is 25.0 Å². The summed E-state index contributed by atoms with van der Waals surface area (Å²) in [6.07, 6.45) is 2.04. The minimum atomic E-state index is -4.64. The summed E-state index contributed by atoms with van der Waals surface area (Å²) in [5, 5.41) is 6.90. The van der Waals surface area contributed by atoms with Gasteiger partial charge in [0.15, 0.2) is 5.25 Å². The number of thioether (sulfide) groups is 1. The highest BCUT2D eigenvalue weighted by atomic mass is 32.2. The molecule has 0 aromatic rings. The topological polar surface area (TPSA) is 162 Å². The van der Waals surface area contributed by atoms with E-state index in [1.165, 1.54) is 0 Å². The summed E-state index contributed by atoms with van der Waals surface area (Å²) in [6, 6.07) is 0.185. The first-order valence-corrected chi connectivity index (χ1v) is 11.8. The number of urea groups is 1. The van der Waals surface area contributed by atoms with Crippen molar-refractivity contribution >= 4 is 45.6 Å². The highest BCUT2D eigenvalue weighted by Gasteiger charge is 2.45. The molecule has 161 valence electrons. The minimum Gasteiger partial charge on any atom is -0.354 e. The van der Waals surface area contributed by atoms with Gasteiger partial charge >= 0.3 is 6.03 Å². The summed E-state index contributed by atoms with van der Waals surface area (Å²) in [5.74, 6) is -1.13. The Hall–Kier alpha value is -1.86. The fourth-order valence-electron chi connectivity index (χ4n) is 3.66. The Balaban J connectivity index is 1.30. The molecule has 0 spiro atoms. The fraction of sp³-hybridized carbons (Fsp3) is 0.688. The van der Waals surface area contributed by atoms with Crippen LogP contribution in [0.4, 0.5) is 4.79 Å². The van der Waals surface area contributed by atoms with Crippen LogP contribution in [0.25, 0.3) is 0 Å². The third kappa shape index (κ3) is 5.20. The lowest BCUT2D eigenvalue weighted by atomic mass is 10.0. The Bertz CT molecular complexity index is 803. The molecular formula is C16H23N4O7S2. The van der Waals surface area contributed by atoms with Crippen LogP contribution in [0, 0.1) is 6.54 Å². The first-order chi connectivity index (χ1) is 13.7. The van der Waals surface area contributed by atoms with Crippen LogP contribution in [0.1, 0.15) is 32.1 Å². The zero-order valence-corrected chi connectivity index (χ0v) is 17.1. The van der Waals surface area contributed by atoms with Gasteiger partial charge in [0.1, 0.15) is 0 Å². The van der Waals surface area contributed by atoms with Crippen LogP contribution in [-0.2, 0) is 24.5 Å². The molecule has 3 rings (SSSR count). The first-order valence-electron chi connectivity index (χ1n) is 9.27. The predicted octanol–water partition coefficient (Wildman–Crippen LogP) is -0.995. The van der Waals surface area contributed by atoms with E-state index in [1.807, 2.05) is 11.8 Å². The lowest BCUT2D eigenvalue weighted by Gasteiger charge is -2.16. The maximum absolute atomic E-state index is 11.9. The Morgan fingerprint density at radius 3 is 2.72 bits per heavy atom. The number of carbonyl (C=O) groups is 4.